The van der Waals surface area contributed by atoms with Gasteiger partial charge in [-0.3, -0.25) is 0 Å². The van der Waals surface area contributed by atoms with Crippen molar-refractivity contribution in [1.82, 2.24) is 4.72 Å². The molecule has 0 saturated carbocycles. The van der Waals surface area contributed by atoms with Crippen molar-refractivity contribution in [1.29, 1.82) is 0 Å². The quantitative estimate of drug-likeness (QED) is 0.753. The molecule has 0 bridgehead atoms. The van der Waals surface area contributed by atoms with Gasteiger partial charge in [0.2, 0.25) is 10.0 Å². The lowest BCUT2D eigenvalue weighted by molar-refractivity contribution is 0.146. The molecule has 1 aliphatic heterocycles. The highest BCUT2D eigenvalue weighted by Gasteiger charge is 2.20. The molecule has 1 aliphatic rings. The van der Waals surface area contributed by atoms with Crippen LogP contribution in [0.15, 0.2) is 23.1 Å². The van der Waals surface area contributed by atoms with Gasteiger partial charge < -0.3 is 10.1 Å². The van der Waals surface area contributed by atoms with Crippen molar-refractivity contribution in [2.75, 3.05) is 25.1 Å². The minimum Gasteiger partial charge on any atom is -0.382 e. The Balaban J connectivity index is 1.98. The molecule has 6 heteroatoms. The number of nitrogens with one attached hydrogen (secondary N) is 2. The summed E-state index contributed by atoms with van der Waals surface area (Å²) in [5.74, 6) is 0. The summed E-state index contributed by atoms with van der Waals surface area (Å²) in [5, 5.41) is 3.31. The zero-order valence-electron chi connectivity index (χ0n) is 12.0. The van der Waals surface area contributed by atoms with Gasteiger partial charge in [-0.25, -0.2) is 13.1 Å². The molecule has 20 heavy (non-hydrogen) atoms. The van der Waals surface area contributed by atoms with Crippen LogP contribution in [0.3, 0.4) is 0 Å². The van der Waals surface area contributed by atoms with E-state index in [1.165, 1.54) is 0 Å². The fraction of sp³-hybridized carbons (Fsp3) is 0.571. The smallest absolute Gasteiger partial charge is 0.240 e. The predicted molar refractivity (Wildman–Crippen MR) is 79.5 cm³/mol. The number of fused-ring (bicyclic) bond motifs is 1. The summed E-state index contributed by atoms with van der Waals surface area (Å²) in [6, 6.07) is 5.61. The van der Waals surface area contributed by atoms with Gasteiger partial charge in [-0.15, -0.1) is 0 Å². The number of anilines is 1. The Morgan fingerprint density at radius 2 is 2.25 bits per heavy atom. The number of hydrogen-bond donors (Lipinski definition) is 2. The number of hydrogen-bond acceptors (Lipinski definition) is 4. The van der Waals surface area contributed by atoms with E-state index in [9.17, 15) is 8.42 Å². The SMILES string of the molecule is CCOCCCNS(=O)(=O)c1ccc2c(c1)CC(C)N2. The Hall–Kier alpha value is -1.11. The fourth-order valence-electron chi connectivity index (χ4n) is 2.30. The second-order valence-electron chi connectivity index (χ2n) is 5.02. The molecule has 112 valence electrons. The van der Waals surface area contributed by atoms with E-state index in [1.54, 1.807) is 12.1 Å². The van der Waals surface area contributed by atoms with Gasteiger partial charge in [0.15, 0.2) is 0 Å². The Morgan fingerprint density at radius 1 is 1.45 bits per heavy atom. The molecule has 0 aliphatic carbocycles. The molecule has 0 aromatic heterocycles. The molecule has 1 unspecified atom stereocenters. The summed E-state index contributed by atoms with van der Waals surface area (Å²) in [4.78, 5) is 0.337. The minimum atomic E-state index is -3.42. The van der Waals surface area contributed by atoms with Crippen LogP contribution in [0, 0.1) is 0 Å². The predicted octanol–water partition coefficient (Wildman–Crippen LogP) is 1.75. The normalized spacial score (nSPS) is 17.8. The van der Waals surface area contributed by atoms with Crippen molar-refractivity contribution >= 4 is 15.7 Å². The standard InChI is InChI=1S/C14H22N2O3S/c1-3-19-8-4-7-15-20(17,18)13-5-6-14-12(10-13)9-11(2)16-14/h5-6,10-11,15-16H,3-4,7-9H2,1-2H3. The molecule has 1 aromatic rings. The first-order chi connectivity index (χ1) is 9.53. The molecule has 0 spiro atoms. The third-order valence-corrected chi connectivity index (χ3v) is 4.74. The third kappa shape index (κ3) is 3.71. The van der Waals surface area contributed by atoms with Gasteiger partial charge in [0.1, 0.15) is 0 Å². The summed E-state index contributed by atoms with van der Waals surface area (Å²) in [5.41, 5.74) is 2.10. The zero-order valence-corrected chi connectivity index (χ0v) is 12.8. The summed E-state index contributed by atoms with van der Waals surface area (Å²) < 4.78 is 32.1. The van der Waals surface area contributed by atoms with Crippen molar-refractivity contribution in [2.24, 2.45) is 0 Å². The first-order valence-corrected chi connectivity index (χ1v) is 8.48. The maximum absolute atomic E-state index is 12.2. The van der Waals surface area contributed by atoms with Crippen molar-refractivity contribution < 1.29 is 13.2 Å². The van der Waals surface area contributed by atoms with Gasteiger partial charge in [0.25, 0.3) is 0 Å². The average molecular weight is 298 g/mol. The molecule has 0 fully saturated rings. The highest BCUT2D eigenvalue weighted by molar-refractivity contribution is 7.89. The second-order valence-corrected chi connectivity index (χ2v) is 6.78. The van der Waals surface area contributed by atoms with Gasteiger partial charge in [-0.05, 0) is 50.5 Å². The van der Waals surface area contributed by atoms with Crippen LogP contribution >= 0.6 is 0 Å². The van der Waals surface area contributed by atoms with Crippen LogP contribution in [0.2, 0.25) is 0 Å². The molecule has 1 aromatic carbocycles. The highest BCUT2D eigenvalue weighted by atomic mass is 32.2. The van der Waals surface area contributed by atoms with E-state index in [-0.39, 0.29) is 0 Å². The largest absolute Gasteiger partial charge is 0.382 e. The minimum absolute atomic E-state index is 0.337. The average Bonchev–Trinajstić information content (AvgIpc) is 2.77. The highest BCUT2D eigenvalue weighted by Crippen LogP contribution is 2.27. The lowest BCUT2D eigenvalue weighted by atomic mass is 10.1. The maximum Gasteiger partial charge on any atom is 0.240 e. The summed E-state index contributed by atoms with van der Waals surface area (Å²) >= 11 is 0. The van der Waals surface area contributed by atoms with Gasteiger partial charge in [-0.1, -0.05) is 0 Å². The topological polar surface area (TPSA) is 67.4 Å². The second kappa shape index (κ2) is 6.56. The first-order valence-electron chi connectivity index (χ1n) is 7.00. The van der Waals surface area contributed by atoms with Crippen LogP contribution in [0.4, 0.5) is 5.69 Å². The number of ether oxygens (including phenoxy) is 1. The van der Waals surface area contributed by atoms with E-state index < -0.39 is 10.0 Å². The van der Waals surface area contributed by atoms with Crippen LogP contribution in [0.1, 0.15) is 25.8 Å². The Kier molecular flexibility index (Phi) is 5.01. The van der Waals surface area contributed by atoms with Crippen molar-refractivity contribution in [3.05, 3.63) is 23.8 Å². The number of sulfonamides is 1. The Bertz CT molecular complexity index is 558. The fourth-order valence-corrected chi connectivity index (χ4v) is 3.43. The van der Waals surface area contributed by atoms with Crippen LogP contribution in [-0.4, -0.2) is 34.2 Å². The van der Waals surface area contributed by atoms with E-state index in [1.807, 2.05) is 13.0 Å². The molecular weight excluding hydrogens is 276 g/mol. The molecule has 0 saturated heterocycles. The van der Waals surface area contributed by atoms with Gasteiger partial charge >= 0.3 is 0 Å². The molecule has 0 amide bonds. The lowest BCUT2D eigenvalue weighted by Crippen LogP contribution is -2.25. The van der Waals surface area contributed by atoms with Crippen LogP contribution in [-0.2, 0) is 21.2 Å². The zero-order chi connectivity index (χ0) is 14.6. The Morgan fingerprint density at radius 3 is 3.00 bits per heavy atom. The van der Waals surface area contributed by atoms with E-state index in [0.717, 1.165) is 17.7 Å². The first kappa shape index (κ1) is 15.3. The van der Waals surface area contributed by atoms with E-state index in [4.69, 9.17) is 4.74 Å². The Labute approximate surface area is 120 Å². The van der Waals surface area contributed by atoms with Crippen LogP contribution < -0.4 is 10.0 Å². The lowest BCUT2D eigenvalue weighted by Gasteiger charge is -2.08. The van der Waals surface area contributed by atoms with Gasteiger partial charge in [0.05, 0.1) is 4.90 Å². The maximum atomic E-state index is 12.2. The van der Waals surface area contributed by atoms with Crippen molar-refractivity contribution in [2.45, 2.75) is 37.6 Å². The molecule has 2 rings (SSSR count). The monoisotopic (exact) mass is 298 g/mol. The molecule has 5 nitrogen and oxygen atoms in total. The molecule has 1 heterocycles. The van der Waals surface area contributed by atoms with E-state index in [0.29, 0.717) is 37.1 Å². The third-order valence-electron chi connectivity index (χ3n) is 3.28. The van der Waals surface area contributed by atoms with Gasteiger partial charge in [-0.2, -0.15) is 0 Å². The summed E-state index contributed by atoms with van der Waals surface area (Å²) in [6.07, 6.45) is 1.54. The van der Waals surface area contributed by atoms with Gasteiger partial charge in [0, 0.05) is 31.5 Å². The molecular formula is C14H22N2O3S. The van der Waals surface area contributed by atoms with Crippen LogP contribution in [0.5, 0.6) is 0 Å². The van der Waals surface area contributed by atoms with Crippen molar-refractivity contribution in [3.8, 4) is 0 Å². The number of rotatable bonds is 7. The molecule has 2 N–H and O–H groups in total. The molecule has 1 atom stereocenters. The van der Waals surface area contributed by atoms with Crippen molar-refractivity contribution in [3.63, 3.8) is 0 Å². The summed E-state index contributed by atoms with van der Waals surface area (Å²) in [6.45, 7) is 5.63. The van der Waals surface area contributed by atoms with Crippen LogP contribution in [0.25, 0.3) is 0 Å². The van der Waals surface area contributed by atoms with E-state index in [2.05, 4.69) is 17.0 Å². The molecule has 0 radical (unpaired) electrons. The van der Waals surface area contributed by atoms with E-state index >= 15 is 0 Å². The number of benzene rings is 1. The summed E-state index contributed by atoms with van der Waals surface area (Å²) in [7, 11) is -3.42.